The highest BCUT2D eigenvalue weighted by Crippen LogP contribution is 2.12. The monoisotopic (exact) mass is 287 g/mol. The Kier molecular flexibility index (Phi) is 5.03. The molecule has 2 aromatic rings. The van der Waals surface area contributed by atoms with Gasteiger partial charge in [0, 0.05) is 0 Å². The van der Waals surface area contributed by atoms with Gasteiger partial charge in [0.15, 0.2) is 6.61 Å². The van der Waals surface area contributed by atoms with Gasteiger partial charge in [-0.05, 0) is 29.3 Å². The summed E-state index contributed by atoms with van der Waals surface area (Å²) >= 11 is 0. The number of ether oxygens (including phenoxy) is 1. The fourth-order valence-electron chi connectivity index (χ4n) is 1.62. The molecule has 0 aliphatic carbocycles. The van der Waals surface area contributed by atoms with E-state index in [4.69, 9.17) is 4.74 Å². The summed E-state index contributed by atoms with van der Waals surface area (Å²) in [6, 6.07) is 7.61. The molecule has 0 aliphatic heterocycles. The number of carbonyl (C=O) groups is 1. The third-order valence-electron chi connectivity index (χ3n) is 2.70. The number of nitrogens with zero attached hydrogens (tertiary/aromatic N) is 4. The number of hydrogen-bond donors (Lipinski definition) is 1. The lowest BCUT2D eigenvalue weighted by Crippen LogP contribution is -2.21. The zero-order valence-electron chi connectivity index (χ0n) is 11.8. The summed E-state index contributed by atoms with van der Waals surface area (Å²) in [5.41, 5.74) is 1.22. The van der Waals surface area contributed by atoms with Crippen molar-refractivity contribution in [2.45, 2.75) is 19.9 Å². The Labute approximate surface area is 122 Å². The number of hydrogen-bond acceptors (Lipinski definition) is 5. The minimum Gasteiger partial charge on any atom is -0.484 e. The van der Waals surface area contributed by atoms with Gasteiger partial charge in [-0.15, -0.1) is 11.7 Å². The highest BCUT2D eigenvalue weighted by atomic mass is 16.5. The van der Waals surface area contributed by atoms with Crippen LogP contribution in [0, 0.1) is 0 Å². The van der Waals surface area contributed by atoms with Crippen LogP contribution in [0.1, 0.15) is 12.5 Å². The molecule has 1 amide bonds. The molecular weight excluding hydrogens is 270 g/mol. The first kappa shape index (κ1) is 14.7. The number of nitrogens with one attached hydrogen (secondary N) is 1. The van der Waals surface area contributed by atoms with Gasteiger partial charge in [-0.2, -0.15) is 4.80 Å². The normalized spacial score (nSPS) is 10.1. The zero-order chi connectivity index (χ0) is 15.1. The molecule has 7 heteroatoms. The highest BCUT2D eigenvalue weighted by Gasteiger charge is 2.08. The summed E-state index contributed by atoms with van der Waals surface area (Å²) in [7, 11) is 0. The van der Waals surface area contributed by atoms with Crippen LogP contribution < -0.4 is 10.1 Å². The molecule has 0 atom stereocenters. The number of rotatable bonds is 7. The number of amides is 1. The Balaban J connectivity index is 1.81. The van der Waals surface area contributed by atoms with E-state index in [0.29, 0.717) is 12.3 Å². The number of aryl methyl sites for hydroxylation is 1. The Hall–Kier alpha value is -2.70. The van der Waals surface area contributed by atoms with Gasteiger partial charge < -0.3 is 4.74 Å². The number of aromatic nitrogens is 4. The first-order chi connectivity index (χ1) is 10.2. The van der Waals surface area contributed by atoms with Crippen LogP contribution in [0.3, 0.4) is 0 Å². The molecule has 1 heterocycles. The molecule has 0 spiro atoms. The Morgan fingerprint density at radius 2 is 2.19 bits per heavy atom. The van der Waals surface area contributed by atoms with E-state index in [1.165, 1.54) is 10.4 Å². The van der Waals surface area contributed by atoms with E-state index in [1.807, 2.05) is 24.3 Å². The molecule has 2 rings (SSSR count). The summed E-state index contributed by atoms with van der Waals surface area (Å²) in [6.45, 7) is 5.97. The largest absolute Gasteiger partial charge is 0.484 e. The fraction of sp³-hybridized carbons (Fsp3) is 0.286. The van der Waals surface area contributed by atoms with Crippen LogP contribution in [0.25, 0.3) is 0 Å². The second-order valence-electron chi connectivity index (χ2n) is 4.29. The van der Waals surface area contributed by atoms with Crippen LogP contribution in [0.2, 0.25) is 0 Å². The average molecular weight is 287 g/mol. The second kappa shape index (κ2) is 7.18. The summed E-state index contributed by atoms with van der Waals surface area (Å²) in [5.74, 6) is 0.449. The summed E-state index contributed by atoms with van der Waals surface area (Å²) in [4.78, 5) is 13.0. The quantitative estimate of drug-likeness (QED) is 0.779. The first-order valence-electron chi connectivity index (χ1n) is 6.61. The number of anilines is 1. The smallest absolute Gasteiger partial charge is 0.270 e. The topological polar surface area (TPSA) is 81.9 Å². The average Bonchev–Trinajstić information content (AvgIpc) is 2.93. The maximum atomic E-state index is 11.7. The molecule has 1 aromatic carbocycles. The SMILES string of the molecule is C=CCn1nnc(NC(=O)COc2ccc(CC)cc2)n1. The maximum absolute atomic E-state index is 11.7. The molecule has 0 unspecified atom stereocenters. The van der Waals surface area contributed by atoms with Gasteiger partial charge in [0.05, 0.1) is 6.54 Å². The Morgan fingerprint density at radius 1 is 1.43 bits per heavy atom. The van der Waals surface area contributed by atoms with Crippen LogP contribution in [-0.2, 0) is 17.8 Å². The number of tetrazole rings is 1. The molecule has 0 saturated carbocycles. The Morgan fingerprint density at radius 3 is 2.86 bits per heavy atom. The molecule has 0 saturated heterocycles. The van der Waals surface area contributed by atoms with E-state index in [9.17, 15) is 4.79 Å². The van der Waals surface area contributed by atoms with Crippen LogP contribution >= 0.6 is 0 Å². The minimum absolute atomic E-state index is 0.110. The molecule has 1 N–H and O–H groups in total. The third-order valence-corrected chi connectivity index (χ3v) is 2.70. The molecule has 110 valence electrons. The van der Waals surface area contributed by atoms with Crippen molar-refractivity contribution in [3.8, 4) is 5.75 Å². The van der Waals surface area contributed by atoms with Gasteiger partial charge >= 0.3 is 0 Å². The lowest BCUT2D eigenvalue weighted by molar-refractivity contribution is -0.118. The lowest BCUT2D eigenvalue weighted by atomic mass is 10.2. The molecule has 7 nitrogen and oxygen atoms in total. The zero-order valence-corrected chi connectivity index (χ0v) is 11.8. The van der Waals surface area contributed by atoms with Gasteiger partial charge in [0.2, 0.25) is 0 Å². The molecule has 0 radical (unpaired) electrons. The van der Waals surface area contributed by atoms with Gasteiger partial charge in [0.25, 0.3) is 11.9 Å². The predicted molar refractivity (Wildman–Crippen MR) is 78.0 cm³/mol. The summed E-state index contributed by atoms with van der Waals surface area (Å²) < 4.78 is 5.38. The van der Waals surface area contributed by atoms with Crippen LogP contribution in [0.5, 0.6) is 5.75 Å². The number of benzene rings is 1. The van der Waals surface area contributed by atoms with Crippen molar-refractivity contribution in [3.05, 3.63) is 42.5 Å². The maximum Gasteiger partial charge on any atom is 0.270 e. The Bertz CT molecular complexity index is 606. The van der Waals surface area contributed by atoms with E-state index in [1.54, 1.807) is 6.08 Å². The first-order valence-corrected chi connectivity index (χ1v) is 6.61. The standard InChI is InChI=1S/C14H17N5O2/c1-3-9-19-17-14(16-18-19)15-13(20)10-21-12-7-5-11(4-2)6-8-12/h3,5-8H,1,4,9-10H2,2H3,(H,15,17,20). The number of allylic oxidation sites excluding steroid dienone is 1. The minimum atomic E-state index is -0.340. The molecule has 0 aliphatic rings. The van der Waals surface area contributed by atoms with Crippen molar-refractivity contribution in [2.75, 3.05) is 11.9 Å². The third kappa shape index (κ3) is 4.41. The van der Waals surface area contributed by atoms with Gasteiger partial charge in [-0.25, -0.2) is 0 Å². The van der Waals surface area contributed by atoms with Crippen molar-refractivity contribution in [3.63, 3.8) is 0 Å². The van der Waals surface area contributed by atoms with Crippen LogP contribution in [0.15, 0.2) is 36.9 Å². The predicted octanol–water partition coefficient (Wildman–Crippen LogP) is 1.44. The van der Waals surface area contributed by atoms with E-state index < -0.39 is 0 Å². The molecule has 21 heavy (non-hydrogen) atoms. The van der Waals surface area contributed by atoms with Gasteiger partial charge in [-0.1, -0.05) is 30.2 Å². The van der Waals surface area contributed by atoms with E-state index >= 15 is 0 Å². The van der Waals surface area contributed by atoms with Crippen molar-refractivity contribution < 1.29 is 9.53 Å². The number of carbonyl (C=O) groups excluding carboxylic acids is 1. The van der Waals surface area contributed by atoms with Gasteiger partial charge in [0.1, 0.15) is 5.75 Å². The molecule has 0 bridgehead atoms. The van der Waals surface area contributed by atoms with Crippen molar-refractivity contribution >= 4 is 11.9 Å². The van der Waals surface area contributed by atoms with Gasteiger partial charge in [-0.3, -0.25) is 10.1 Å². The van der Waals surface area contributed by atoms with Crippen LogP contribution in [0.4, 0.5) is 5.95 Å². The van der Waals surface area contributed by atoms with E-state index in [0.717, 1.165) is 6.42 Å². The summed E-state index contributed by atoms with van der Waals surface area (Å²) in [6.07, 6.45) is 2.60. The second-order valence-corrected chi connectivity index (χ2v) is 4.29. The van der Waals surface area contributed by atoms with Crippen molar-refractivity contribution in [1.82, 2.24) is 20.2 Å². The van der Waals surface area contributed by atoms with Crippen molar-refractivity contribution in [1.29, 1.82) is 0 Å². The molecule has 1 aromatic heterocycles. The van der Waals surface area contributed by atoms with E-state index in [-0.39, 0.29) is 18.5 Å². The lowest BCUT2D eigenvalue weighted by Gasteiger charge is -2.05. The van der Waals surface area contributed by atoms with Crippen molar-refractivity contribution in [2.24, 2.45) is 0 Å². The highest BCUT2D eigenvalue weighted by molar-refractivity contribution is 5.90. The van der Waals surface area contributed by atoms with E-state index in [2.05, 4.69) is 34.2 Å². The molecule has 0 fully saturated rings. The van der Waals surface area contributed by atoms with Crippen LogP contribution in [-0.4, -0.2) is 32.7 Å². The fourth-order valence-corrected chi connectivity index (χ4v) is 1.62. The molecular formula is C14H17N5O2. The summed E-state index contributed by atoms with van der Waals surface area (Å²) in [5, 5.41) is 13.9.